The average Bonchev–Trinajstić information content (AvgIpc) is 3.59. The third kappa shape index (κ3) is 4.98. The van der Waals surface area contributed by atoms with Gasteiger partial charge in [-0.05, 0) is 38.7 Å². The largest absolute Gasteiger partial charge is 0.349 e. The van der Waals surface area contributed by atoms with E-state index in [0.29, 0.717) is 0 Å². The fourth-order valence-electron chi connectivity index (χ4n) is 4.87. The van der Waals surface area contributed by atoms with Crippen LogP contribution in [0.15, 0.2) is 53.6 Å². The lowest BCUT2D eigenvalue weighted by molar-refractivity contribution is 0.0737. The maximum Gasteiger partial charge on any atom is 0.259 e. The van der Waals surface area contributed by atoms with Crippen LogP contribution in [0.4, 0.5) is 0 Å². The molecule has 2 aliphatic rings. The summed E-state index contributed by atoms with van der Waals surface area (Å²) in [6.07, 6.45) is 10.5. The predicted molar refractivity (Wildman–Crippen MR) is 138 cm³/mol. The Bertz CT molecular complexity index is 1300. The van der Waals surface area contributed by atoms with Crippen LogP contribution >= 0.6 is 0 Å². The fraction of sp³-hybridized carbons (Fsp3) is 0.429. The van der Waals surface area contributed by atoms with Crippen LogP contribution in [0.25, 0.3) is 11.3 Å². The smallest absolute Gasteiger partial charge is 0.259 e. The normalized spacial score (nSPS) is 16.9. The Hall–Kier alpha value is -3.68. The maximum atomic E-state index is 13.6. The van der Waals surface area contributed by atoms with E-state index in [2.05, 4.69) is 15.5 Å². The van der Waals surface area contributed by atoms with Gasteiger partial charge in [-0.1, -0.05) is 49.6 Å². The van der Waals surface area contributed by atoms with E-state index in [-0.39, 0.29) is 29.3 Å². The van der Waals surface area contributed by atoms with Crippen LogP contribution in [-0.2, 0) is 0 Å². The minimum absolute atomic E-state index is 0.0289. The van der Waals surface area contributed by atoms with E-state index in [1.54, 1.807) is 19.4 Å². The zero-order chi connectivity index (χ0) is 25.2. The summed E-state index contributed by atoms with van der Waals surface area (Å²) in [5.74, 6) is -0.799. The van der Waals surface area contributed by atoms with Crippen LogP contribution in [0.3, 0.4) is 0 Å². The first-order chi connectivity index (χ1) is 17.4. The van der Waals surface area contributed by atoms with Crippen molar-refractivity contribution in [3.05, 3.63) is 75.8 Å². The van der Waals surface area contributed by atoms with E-state index in [4.69, 9.17) is 0 Å². The topological polar surface area (TPSA) is 100 Å². The number of benzene rings is 1. The molecular formula is C28H33N5O3. The molecule has 2 saturated carbocycles. The zero-order valence-electron chi connectivity index (χ0n) is 20.9. The molecule has 8 heteroatoms. The van der Waals surface area contributed by atoms with E-state index in [1.807, 2.05) is 47.9 Å². The van der Waals surface area contributed by atoms with E-state index in [9.17, 15) is 14.4 Å². The van der Waals surface area contributed by atoms with Crippen molar-refractivity contribution >= 4 is 11.8 Å². The number of carbonyl (C=O) groups excluding carboxylic acids is 2. The van der Waals surface area contributed by atoms with E-state index >= 15 is 0 Å². The molecule has 0 saturated heterocycles. The number of nitrogens with one attached hydrogen (secondary N) is 2. The van der Waals surface area contributed by atoms with Gasteiger partial charge in [0.25, 0.3) is 11.8 Å². The molecule has 0 aliphatic heterocycles. The van der Waals surface area contributed by atoms with Crippen LogP contribution in [0.2, 0.25) is 0 Å². The summed E-state index contributed by atoms with van der Waals surface area (Å²) < 4.78 is 1.93. The number of hydrogen-bond acceptors (Lipinski definition) is 4. The van der Waals surface area contributed by atoms with E-state index < -0.39 is 17.2 Å². The molecule has 2 aromatic heterocycles. The molecule has 3 aromatic rings. The SMILES string of the molecule is CC(c1cc(-c2ccccc2)n[nH]1)N(C)C(=O)c1cn(C2CCCCC2)cc(C(=O)NC2CC2)c1=O. The predicted octanol–water partition coefficient (Wildman–Crippen LogP) is 4.47. The Balaban J connectivity index is 1.44. The lowest BCUT2D eigenvalue weighted by atomic mass is 9.95. The van der Waals surface area contributed by atoms with Gasteiger partial charge in [0.2, 0.25) is 5.43 Å². The van der Waals surface area contributed by atoms with Gasteiger partial charge < -0.3 is 14.8 Å². The lowest BCUT2D eigenvalue weighted by Crippen LogP contribution is -2.38. The molecule has 2 heterocycles. The van der Waals surface area contributed by atoms with Crippen LogP contribution in [0, 0.1) is 0 Å². The molecule has 0 spiro atoms. The molecule has 2 N–H and O–H groups in total. The second kappa shape index (κ2) is 10.1. The van der Waals surface area contributed by atoms with Gasteiger partial charge in [-0.25, -0.2) is 0 Å². The molecule has 1 aromatic carbocycles. The molecule has 1 unspecified atom stereocenters. The van der Waals surface area contributed by atoms with Crippen molar-refractivity contribution in [2.75, 3.05) is 7.05 Å². The lowest BCUT2D eigenvalue weighted by Gasteiger charge is -2.27. The highest BCUT2D eigenvalue weighted by atomic mass is 16.2. The number of pyridine rings is 1. The minimum atomic E-state index is -0.515. The first-order valence-electron chi connectivity index (χ1n) is 12.9. The molecule has 0 bridgehead atoms. The van der Waals surface area contributed by atoms with Gasteiger partial charge in [0.1, 0.15) is 11.1 Å². The fourth-order valence-corrected chi connectivity index (χ4v) is 4.87. The highest BCUT2D eigenvalue weighted by Crippen LogP contribution is 2.29. The van der Waals surface area contributed by atoms with Crippen LogP contribution in [0.1, 0.15) is 90.4 Å². The van der Waals surface area contributed by atoms with Gasteiger partial charge in [-0.3, -0.25) is 19.5 Å². The van der Waals surface area contributed by atoms with Gasteiger partial charge >= 0.3 is 0 Å². The highest BCUT2D eigenvalue weighted by molar-refractivity contribution is 5.99. The van der Waals surface area contributed by atoms with E-state index in [0.717, 1.165) is 55.5 Å². The summed E-state index contributed by atoms with van der Waals surface area (Å²) in [6, 6.07) is 11.7. The number of amides is 2. The van der Waals surface area contributed by atoms with Crippen molar-refractivity contribution in [3.8, 4) is 11.3 Å². The summed E-state index contributed by atoms with van der Waals surface area (Å²) in [6.45, 7) is 1.89. The molecule has 5 rings (SSSR count). The van der Waals surface area contributed by atoms with Gasteiger partial charge in [0.05, 0.1) is 17.4 Å². The Morgan fingerprint density at radius 3 is 2.44 bits per heavy atom. The summed E-state index contributed by atoms with van der Waals surface area (Å²) >= 11 is 0. The van der Waals surface area contributed by atoms with Crippen LogP contribution in [-0.4, -0.2) is 44.6 Å². The Morgan fingerprint density at radius 1 is 1.06 bits per heavy atom. The number of aromatic amines is 1. The Labute approximate surface area is 210 Å². The number of rotatable bonds is 7. The van der Waals surface area contributed by atoms with Crippen LogP contribution in [0.5, 0.6) is 0 Å². The molecule has 2 amide bonds. The third-order valence-electron chi connectivity index (χ3n) is 7.45. The van der Waals surface area contributed by atoms with E-state index in [1.165, 1.54) is 11.3 Å². The summed E-state index contributed by atoms with van der Waals surface area (Å²) in [5.41, 5.74) is 2.09. The summed E-state index contributed by atoms with van der Waals surface area (Å²) in [4.78, 5) is 41.5. The van der Waals surface area contributed by atoms with Gasteiger partial charge in [0, 0.05) is 37.1 Å². The number of carbonyl (C=O) groups is 2. The second-order valence-corrected chi connectivity index (χ2v) is 10.1. The minimum Gasteiger partial charge on any atom is -0.349 e. The van der Waals surface area contributed by atoms with Crippen molar-refractivity contribution in [1.29, 1.82) is 0 Å². The monoisotopic (exact) mass is 487 g/mol. The number of aromatic nitrogens is 3. The number of hydrogen-bond donors (Lipinski definition) is 2. The molecular weight excluding hydrogens is 454 g/mol. The summed E-state index contributed by atoms with van der Waals surface area (Å²) in [7, 11) is 1.68. The Kier molecular flexibility index (Phi) is 6.76. The molecule has 2 fully saturated rings. The van der Waals surface area contributed by atoms with Crippen molar-refractivity contribution in [2.45, 2.75) is 70.0 Å². The van der Waals surface area contributed by atoms with Crippen LogP contribution < -0.4 is 10.7 Å². The Morgan fingerprint density at radius 2 is 1.75 bits per heavy atom. The molecule has 1 atom stereocenters. The van der Waals surface area contributed by atoms with Gasteiger partial charge in [-0.2, -0.15) is 5.10 Å². The van der Waals surface area contributed by atoms with Crippen molar-refractivity contribution in [2.24, 2.45) is 0 Å². The molecule has 188 valence electrons. The second-order valence-electron chi connectivity index (χ2n) is 10.1. The van der Waals surface area contributed by atoms with Gasteiger partial charge in [-0.15, -0.1) is 0 Å². The van der Waals surface area contributed by atoms with Gasteiger partial charge in [0.15, 0.2) is 0 Å². The number of nitrogens with zero attached hydrogens (tertiary/aromatic N) is 3. The molecule has 36 heavy (non-hydrogen) atoms. The first kappa shape index (κ1) is 24.0. The molecule has 8 nitrogen and oxygen atoms in total. The standard InChI is InChI=1S/C28H33N5O3/c1-18(24-15-25(31-30-24)19-9-5-3-6-10-19)32(2)28(36)23-17-33(21-11-7-4-8-12-21)16-22(26(23)34)27(35)29-20-13-14-20/h3,5-6,9-10,15-18,20-21H,4,7-8,11-14H2,1-2H3,(H,29,35)(H,30,31). The zero-order valence-corrected chi connectivity index (χ0v) is 20.9. The number of H-pyrrole nitrogens is 1. The van der Waals surface area contributed by atoms with Crippen molar-refractivity contribution in [3.63, 3.8) is 0 Å². The quantitative estimate of drug-likeness (QED) is 0.514. The average molecular weight is 488 g/mol. The summed E-state index contributed by atoms with van der Waals surface area (Å²) in [5, 5.41) is 10.4. The molecule has 2 aliphatic carbocycles. The molecule has 0 radical (unpaired) electrons. The highest BCUT2D eigenvalue weighted by Gasteiger charge is 2.29. The third-order valence-corrected chi connectivity index (χ3v) is 7.45. The first-order valence-corrected chi connectivity index (χ1v) is 12.9. The maximum absolute atomic E-state index is 13.6. The van der Waals surface area contributed by atoms with Crippen molar-refractivity contribution < 1.29 is 9.59 Å². The van der Waals surface area contributed by atoms with Crippen molar-refractivity contribution in [1.82, 2.24) is 25.0 Å².